The molecule has 3 rings (SSSR count). The Hall–Kier alpha value is -3.15. The fourth-order valence-electron chi connectivity index (χ4n) is 2.60. The largest absolute Gasteiger partial charge is 0.495 e. The van der Waals surface area contributed by atoms with Crippen LogP contribution in [-0.4, -0.2) is 22.3 Å². The van der Waals surface area contributed by atoms with Crippen molar-refractivity contribution in [3.63, 3.8) is 0 Å². The van der Waals surface area contributed by atoms with Crippen molar-refractivity contribution < 1.29 is 4.74 Å². The average Bonchev–Trinajstić information content (AvgIpc) is 2.59. The third-order valence-corrected chi connectivity index (χ3v) is 3.89. The second kappa shape index (κ2) is 7.17. The molecule has 0 bridgehead atoms. The summed E-state index contributed by atoms with van der Waals surface area (Å²) in [5, 5.41) is 14.6. The van der Waals surface area contributed by atoms with Gasteiger partial charge in [0.25, 0.3) is 0 Å². The third-order valence-electron chi connectivity index (χ3n) is 3.89. The maximum atomic E-state index is 5.38. The summed E-state index contributed by atoms with van der Waals surface area (Å²) in [5.74, 6) is 1.75. The molecule has 0 spiro atoms. The van der Waals surface area contributed by atoms with Crippen LogP contribution in [0.1, 0.15) is 16.7 Å². The van der Waals surface area contributed by atoms with E-state index in [1.165, 1.54) is 0 Å². The van der Waals surface area contributed by atoms with Gasteiger partial charge in [0.2, 0.25) is 5.95 Å². The molecule has 0 aliphatic rings. The van der Waals surface area contributed by atoms with Gasteiger partial charge in [0.05, 0.1) is 19.0 Å². The highest BCUT2D eigenvalue weighted by Gasteiger charge is 2.08. The molecule has 2 N–H and O–H groups in total. The van der Waals surface area contributed by atoms with Crippen LogP contribution < -0.4 is 15.4 Å². The molecular formula is C19H21N5O. The van der Waals surface area contributed by atoms with Gasteiger partial charge in [-0.05, 0) is 49.6 Å². The van der Waals surface area contributed by atoms with E-state index < -0.39 is 0 Å². The number of benzene rings is 2. The minimum atomic E-state index is 0.403. The van der Waals surface area contributed by atoms with E-state index in [2.05, 4.69) is 51.8 Å². The Kier molecular flexibility index (Phi) is 4.79. The van der Waals surface area contributed by atoms with Crippen LogP contribution in [0, 0.1) is 20.8 Å². The fraction of sp³-hybridized carbons (Fsp3) is 0.211. The molecule has 25 heavy (non-hydrogen) atoms. The summed E-state index contributed by atoms with van der Waals surface area (Å²) in [6.07, 6.45) is 1.60. The predicted octanol–water partition coefficient (Wildman–Crippen LogP) is 4.29. The lowest BCUT2D eigenvalue weighted by Gasteiger charge is -2.13. The van der Waals surface area contributed by atoms with Crippen molar-refractivity contribution >= 4 is 23.1 Å². The molecule has 0 unspecified atom stereocenters. The van der Waals surface area contributed by atoms with Crippen molar-refractivity contribution in [1.29, 1.82) is 0 Å². The van der Waals surface area contributed by atoms with Crippen molar-refractivity contribution in [3.05, 3.63) is 59.3 Å². The lowest BCUT2D eigenvalue weighted by atomic mass is 10.1. The molecular weight excluding hydrogens is 314 g/mol. The molecule has 128 valence electrons. The summed E-state index contributed by atoms with van der Waals surface area (Å²) in [6.45, 7) is 6.13. The van der Waals surface area contributed by atoms with Crippen LogP contribution in [0.4, 0.5) is 23.1 Å². The van der Waals surface area contributed by atoms with E-state index in [9.17, 15) is 0 Å². The number of para-hydroxylation sites is 1. The summed E-state index contributed by atoms with van der Waals surface area (Å²) in [5.41, 5.74) is 5.23. The first-order valence-electron chi connectivity index (χ1n) is 8.01. The zero-order valence-electron chi connectivity index (χ0n) is 14.8. The molecule has 0 atom stereocenters. The Bertz CT molecular complexity index is 874. The van der Waals surface area contributed by atoms with Crippen molar-refractivity contribution in [3.8, 4) is 5.75 Å². The Morgan fingerprint density at radius 3 is 2.44 bits per heavy atom. The smallest absolute Gasteiger partial charge is 0.249 e. The van der Waals surface area contributed by atoms with E-state index >= 15 is 0 Å². The fourth-order valence-corrected chi connectivity index (χ4v) is 2.60. The standard InChI is InChI=1S/C19H21N5O/c1-12-8-9-16(25-4)15(10-12)21-19-23-17(11-20-24-19)22-18-13(2)6-5-7-14(18)3/h5-11H,1-4H3,(H2,21,22,23,24). The SMILES string of the molecule is COc1ccc(C)cc1Nc1nncc(Nc2c(C)cccc2C)n1. The van der Waals surface area contributed by atoms with Gasteiger partial charge < -0.3 is 15.4 Å². The quantitative estimate of drug-likeness (QED) is 0.724. The van der Waals surface area contributed by atoms with Gasteiger partial charge in [0.1, 0.15) is 5.75 Å². The highest BCUT2D eigenvalue weighted by molar-refractivity contribution is 5.66. The van der Waals surface area contributed by atoms with Gasteiger partial charge in [-0.3, -0.25) is 0 Å². The average molecular weight is 335 g/mol. The van der Waals surface area contributed by atoms with E-state index in [0.717, 1.165) is 33.8 Å². The monoisotopic (exact) mass is 335 g/mol. The van der Waals surface area contributed by atoms with E-state index in [1.54, 1.807) is 13.3 Å². The molecule has 1 aromatic heterocycles. The minimum Gasteiger partial charge on any atom is -0.495 e. The molecule has 0 aliphatic heterocycles. The molecule has 0 radical (unpaired) electrons. The van der Waals surface area contributed by atoms with Crippen LogP contribution in [0.3, 0.4) is 0 Å². The van der Waals surface area contributed by atoms with Crippen molar-refractivity contribution in [2.24, 2.45) is 0 Å². The highest BCUT2D eigenvalue weighted by Crippen LogP contribution is 2.28. The van der Waals surface area contributed by atoms with Crippen LogP contribution in [-0.2, 0) is 0 Å². The Morgan fingerprint density at radius 1 is 0.960 bits per heavy atom. The Balaban J connectivity index is 1.86. The van der Waals surface area contributed by atoms with Gasteiger partial charge in [-0.2, -0.15) is 10.1 Å². The van der Waals surface area contributed by atoms with Crippen LogP contribution in [0.5, 0.6) is 5.75 Å². The molecule has 3 aromatic rings. The molecule has 0 saturated heterocycles. The molecule has 0 aliphatic carbocycles. The first-order valence-corrected chi connectivity index (χ1v) is 8.01. The third kappa shape index (κ3) is 3.85. The number of aromatic nitrogens is 3. The zero-order chi connectivity index (χ0) is 17.8. The van der Waals surface area contributed by atoms with Gasteiger partial charge in [0, 0.05) is 5.69 Å². The van der Waals surface area contributed by atoms with Gasteiger partial charge >= 0.3 is 0 Å². The summed E-state index contributed by atoms with van der Waals surface area (Å²) in [7, 11) is 1.63. The van der Waals surface area contributed by atoms with E-state index in [0.29, 0.717) is 11.8 Å². The van der Waals surface area contributed by atoms with E-state index in [1.807, 2.05) is 31.2 Å². The van der Waals surface area contributed by atoms with E-state index in [-0.39, 0.29) is 0 Å². The van der Waals surface area contributed by atoms with E-state index in [4.69, 9.17) is 4.74 Å². The Morgan fingerprint density at radius 2 is 1.72 bits per heavy atom. The predicted molar refractivity (Wildman–Crippen MR) is 100 cm³/mol. The molecule has 6 nitrogen and oxygen atoms in total. The molecule has 0 saturated carbocycles. The molecule has 0 amide bonds. The normalized spacial score (nSPS) is 10.4. The van der Waals surface area contributed by atoms with Crippen LogP contribution in [0.25, 0.3) is 0 Å². The van der Waals surface area contributed by atoms with Crippen molar-refractivity contribution in [1.82, 2.24) is 15.2 Å². The molecule has 0 fully saturated rings. The van der Waals surface area contributed by atoms with Crippen molar-refractivity contribution in [2.45, 2.75) is 20.8 Å². The number of ether oxygens (including phenoxy) is 1. The second-order valence-electron chi connectivity index (χ2n) is 5.89. The lowest BCUT2D eigenvalue weighted by Crippen LogP contribution is -2.04. The number of hydrogen-bond acceptors (Lipinski definition) is 6. The van der Waals surface area contributed by atoms with Crippen LogP contribution in [0.15, 0.2) is 42.6 Å². The number of rotatable bonds is 5. The number of anilines is 4. The lowest BCUT2D eigenvalue weighted by molar-refractivity contribution is 0.416. The van der Waals surface area contributed by atoms with Crippen LogP contribution in [0.2, 0.25) is 0 Å². The zero-order valence-corrected chi connectivity index (χ0v) is 14.8. The topological polar surface area (TPSA) is 72.0 Å². The summed E-state index contributed by atoms with van der Waals surface area (Å²) in [6, 6.07) is 12.0. The van der Waals surface area contributed by atoms with Crippen molar-refractivity contribution in [2.75, 3.05) is 17.7 Å². The van der Waals surface area contributed by atoms with Gasteiger partial charge in [-0.25, -0.2) is 0 Å². The summed E-state index contributed by atoms with van der Waals surface area (Å²) >= 11 is 0. The first-order chi connectivity index (χ1) is 12.1. The molecule has 6 heteroatoms. The Labute approximate surface area is 147 Å². The summed E-state index contributed by atoms with van der Waals surface area (Å²) in [4.78, 5) is 4.50. The minimum absolute atomic E-state index is 0.403. The van der Waals surface area contributed by atoms with Gasteiger partial charge in [-0.15, -0.1) is 5.10 Å². The maximum absolute atomic E-state index is 5.38. The number of hydrogen-bond donors (Lipinski definition) is 2. The van der Waals surface area contributed by atoms with Gasteiger partial charge in [0.15, 0.2) is 5.82 Å². The number of aryl methyl sites for hydroxylation is 3. The first kappa shape index (κ1) is 16.7. The second-order valence-corrected chi connectivity index (χ2v) is 5.89. The number of nitrogens with zero attached hydrogens (tertiary/aromatic N) is 3. The van der Waals surface area contributed by atoms with Gasteiger partial charge in [-0.1, -0.05) is 24.3 Å². The maximum Gasteiger partial charge on any atom is 0.249 e. The van der Waals surface area contributed by atoms with Crippen LogP contribution >= 0.6 is 0 Å². The summed E-state index contributed by atoms with van der Waals surface area (Å²) < 4.78 is 5.38. The number of nitrogens with one attached hydrogen (secondary N) is 2. The number of methoxy groups -OCH3 is 1. The molecule has 1 heterocycles. The molecule has 2 aromatic carbocycles. The highest BCUT2D eigenvalue weighted by atomic mass is 16.5.